The van der Waals surface area contributed by atoms with Crippen molar-refractivity contribution >= 4 is 69.5 Å². The van der Waals surface area contributed by atoms with Crippen molar-refractivity contribution in [3.63, 3.8) is 0 Å². The standard InChI is InChI=1S/2C16H12Cl2O3/c2*17-9-15(19)11-1-5-13(6-2-11)21-14-7-3-12(4-8-14)16(20)10-18/h2*1-8H,9-10H2. The van der Waals surface area contributed by atoms with E-state index >= 15 is 0 Å². The van der Waals surface area contributed by atoms with Crippen molar-refractivity contribution in [3.05, 3.63) is 119 Å². The molecule has 0 radical (unpaired) electrons. The van der Waals surface area contributed by atoms with E-state index < -0.39 is 0 Å². The Labute approximate surface area is 263 Å². The smallest absolute Gasteiger partial charge is 0.177 e. The Bertz CT molecular complexity index is 1270. The molecule has 42 heavy (non-hydrogen) atoms. The summed E-state index contributed by atoms with van der Waals surface area (Å²) in [5.74, 6) is 1.67. The topological polar surface area (TPSA) is 86.7 Å². The number of benzene rings is 4. The van der Waals surface area contributed by atoms with E-state index in [0.29, 0.717) is 45.3 Å². The molecule has 0 aliphatic rings. The predicted molar refractivity (Wildman–Crippen MR) is 166 cm³/mol. The van der Waals surface area contributed by atoms with Crippen LogP contribution in [0.25, 0.3) is 0 Å². The third-order valence-electron chi connectivity index (χ3n) is 5.66. The Morgan fingerprint density at radius 1 is 0.357 bits per heavy atom. The van der Waals surface area contributed by atoms with Gasteiger partial charge in [-0.1, -0.05) is 0 Å². The number of hydrogen-bond donors (Lipinski definition) is 0. The van der Waals surface area contributed by atoms with Gasteiger partial charge >= 0.3 is 0 Å². The first-order valence-corrected chi connectivity index (χ1v) is 14.5. The summed E-state index contributed by atoms with van der Waals surface area (Å²) in [7, 11) is 0. The third kappa shape index (κ3) is 9.71. The van der Waals surface area contributed by atoms with E-state index in [9.17, 15) is 19.2 Å². The molecule has 0 aliphatic carbocycles. The van der Waals surface area contributed by atoms with Crippen LogP contribution in [0.15, 0.2) is 97.1 Å². The first-order chi connectivity index (χ1) is 20.3. The highest BCUT2D eigenvalue weighted by Crippen LogP contribution is 2.24. The minimum atomic E-state index is -0.132. The van der Waals surface area contributed by atoms with E-state index in [2.05, 4.69) is 0 Å². The van der Waals surface area contributed by atoms with Gasteiger partial charge in [0.25, 0.3) is 0 Å². The molecule has 0 spiro atoms. The molecule has 0 heterocycles. The Balaban J connectivity index is 0.000000230. The van der Waals surface area contributed by atoms with Crippen LogP contribution in [0.3, 0.4) is 0 Å². The summed E-state index contributed by atoms with van der Waals surface area (Å²) < 4.78 is 11.3. The van der Waals surface area contributed by atoms with Gasteiger partial charge in [0, 0.05) is 22.3 Å². The minimum absolute atomic E-state index is 0.0454. The number of halogens is 4. The number of alkyl halides is 4. The van der Waals surface area contributed by atoms with Crippen molar-refractivity contribution in [2.45, 2.75) is 0 Å². The molecule has 0 aromatic heterocycles. The van der Waals surface area contributed by atoms with Crippen molar-refractivity contribution < 1.29 is 28.7 Å². The predicted octanol–water partition coefficient (Wildman–Crippen LogP) is 8.64. The Hall–Kier alpha value is -3.68. The summed E-state index contributed by atoms with van der Waals surface area (Å²) in [6.45, 7) is 0. The molecule has 216 valence electrons. The van der Waals surface area contributed by atoms with Gasteiger partial charge in [0.15, 0.2) is 23.1 Å². The molecule has 0 fully saturated rings. The summed E-state index contributed by atoms with van der Waals surface area (Å²) in [5.41, 5.74) is 2.17. The fourth-order valence-electron chi connectivity index (χ4n) is 3.42. The van der Waals surface area contributed by atoms with Crippen LogP contribution in [-0.4, -0.2) is 46.7 Å². The molecule has 0 amide bonds. The number of carbonyl (C=O) groups excluding carboxylic acids is 4. The van der Waals surface area contributed by atoms with Crippen LogP contribution < -0.4 is 9.47 Å². The Morgan fingerprint density at radius 3 is 0.667 bits per heavy atom. The first kappa shape index (κ1) is 32.8. The fraction of sp³-hybridized carbons (Fsp3) is 0.125. The molecule has 4 rings (SSSR count). The molecule has 4 aromatic carbocycles. The summed E-state index contributed by atoms with van der Waals surface area (Å²) in [4.78, 5) is 45.6. The SMILES string of the molecule is O=C(CCl)c1ccc(Oc2ccc(C(=O)CCl)cc2)cc1.O=C(CCl)c1ccc(Oc2ccc(C(=O)CCl)cc2)cc1. The zero-order chi connectivity index (χ0) is 30.5. The minimum Gasteiger partial charge on any atom is -0.457 e. The van der Waals surface area contributed by atoms with Gasteiger partial charge in [0.2, 0.25) is 0 Å². The monoisotopic (exact) mass is 644 g/mol. The number of hydrogen-bond acceptors (Lipinski definition) is 6. The van der Waals surface area contributed by atoms with Gasteiger partial charge in [-0.15, -0.1) is 46.4 Å². The highest BCUT2D eigenvalue weighted by molar-refractivity contribution is 6.31. The van der Waals surface area contributed by atoms with Crippen LogP contribution in [-0.2, 0) is 0 Å². The second-order valence-electron chi connectivity index (χ2n) is 8.53. The first-order valence-electron chi connectivity index (χ1n) is 12.4. The molecule has 0 saturated heterocycles. The van der Waals surface area contributed by atoms with Crippen LogP contribution in [0.2, 0.25) is 0 Å². The lowest BCUT2D eigenvalue weighted by molar-refractivity contribution is 0.101. The molecule has 0 atom stereocenters. The number of ketones is 4. The van der Waals surface area contributed by atoms with Gasteiger partial charge in [0.1, 0.15) is 23.0 Å². The second-order valence-corrected chi connectivity index (χ2v) is 9.60. The number of carbonyl (C=O) groups is 4. The highest BCUT2D eigenvalue weighted by Gasteiger charge is 2.08. The number of Topliss-reactive ketones (excluding diaryl/α,β-unsaturated/α-hetero) is 4. The number of rotatable bonds is 12. The molecule has 6 nitrogen and oxygen atoms in total. The van der Waals surface area contributed by atoms with E-state index in [4.69, 9.17) is 55.9 Å². The van der Waals surface area contributed by atoms with E-state index in [1.54, 1.807) is 97.1 Å². The van der Waals surface area contributed by atoms with Gasteiger partial charge in [0.05, 0.1) is 23.5 Å². The van der Waals surface area contributed by atoms with Crippen molar-refractivity contribution in [3.8, 4) is 23.0 Å². The van der Waals surface area contributed by atoms with Crippen molar-refractivity contribution in [2.24, 2.45) is 0 Å². The molecular weight excluding hydrogens is 622 g/mol. The van der Waals surface area contributed by atoms with Crippen molar-refractivity contribution in [2.75, 3.05) is 23.5 Å². The van der Waals surface area contributed by atoms with E-state index in [-0.39, 0.29) is 46.7 Å². The maximum absolute atomic E-state index is 11.4. The largest absolute Gasteiger partial charge is 0.457 e. The third-order valence-corrected chi connectivity index (χ3v) is 6.63. The lowest BCUT2D eigenvalue weighted by atomic mass is 10.1. The quantitative estimate of drug-likeness (QED) is 0.113. The van der Waals surface area contributed by atoms with Gasteiger partial charge in [-0.05, 0) is 97.1 Å². The molecule has 10 heteroatoms. The molecule has 0 saturated carbocycles. The molecule has 0 unspecified atom stereocenters. The fourth-order valence-corrected chi connectivity index (χ4v) is 4.03. The van der Waals surface area contributed by atoms with Crippen molar-refractivity contribution in [1.82, 2.24) is 0 Å². The van der Waals surface area contributed by atoms with E-state index in [1.807, 2.05) is 0 Å². The van der Waals surface area contributed by atoms with Crippen LogP contribution in [0.4, 0.5) is 0 Å². The zero-order valence-electron chi connectivity index (χ0n) is 22.0. The summed E-state index contributed by atoms with van der Waals surface area (Å²) in [6.07, 6.45) is 0. The van der Waals surface area contributed by atoms with Gasteiger partial charge in [-0.25, -0.2) is 0 Å². The zero-order valence-corrected chi connectivity index (χ0v) is 25.1. The maximum atomic E-state index is 11.4. The highest BCUT2D eigenvalue weighted by atomic mass is 35.5. The Kier molecular flexibility index (Phi) is 13.0. The van der Waals surface area contributed by atoms with Crippen LogP contribution in [0.5, 0.6) is 23.0 Å². The van der Waals surface area contributed by atoms with Gasteiger partial charge < -0.3 is 9.47 Å². The molecular formula is C32H24Cl4O6. The average molecular weight is 646 g/mol. The van der Waals surface area contributed by atoms with Gasteiger partial charge in [-0.2, -0.15) is 0 Å². The molecule has 0 aliphatic heterocycles. The lowest BCUT2D eigenvalue weighted by Gasteiger charge is -2.07. The molecule has 0 N–H and O–H groups in total. The van der Waals surface area contributed by atoms with Crippen molar-refractivity contribution in [1.29, 1.82) is 0 Å². The lowest BCUT2D eigenvalue weighted by Crippen LogP contribution is -2.00. The average Bonchev–Trinajstić information content (AvgIpc) is 3.05. The maximum Gasteiger partial charge on any atom is 0.177 e. The van der Waals surface area contributed by atoms with E-state index in [1.165, 1.54) is 0 Å². The Morgan fingerprint density at radius 2 is 0.524 bits per heavy atom. The summed E-state index contributed by atoms with van der Waals surface area (Å²) in [5, 5.41) is 0. The normalized spacial score (nSPS) is 10.2. The van der Waals surface area contributed by atoms with Crippen LogP contribution in [0, 0.1) is 0 Å². The molecule has 4 aromatic rings. The van der Waals surface area contributed by atoms with E-state index in [0.717, 1.165) is 0 Å². The molecule has 0 bridgehead atoms. The summed E-state index contributed by atoms with van der Waals surface area (Å²) in [6, 6.07) is 26.8. The van der Waals surface area contributed by atoms with Crippen LogP contribution >= 0.6 is 46.4 Å². The summed E-state index contributed by atoms with van der Waals surface area (Å²) >= 11 is 22.0. The van der Waals surface area contributed by atoms with Gasteiger partial charge in [-0.3, -0.25) is 19.2 Å². The second kappa shape index (κ2) is 16.7. The van der Waals surface area contributed by atoms with Crippen LogP contribution in [0.1, 0.15) is 41.4 Å². The number of ether oxygens (including phenoxy) is 2.